The van der Waals surface area contributed by atoms with Crippen LogP contribution in [0.3, 0.4) is 0 Å². The molecule has 1 aromatic rings. The van der Waals surface area contributed by atoms with Gasteiger partial charge in [0, 0.05) is 11.1 Å². The van der Waals surface area contributed by atoms with E-state index < -0.39 is 0 Å². The standard InChI is InChI=1S/C15H12BrNO2/c1-9-10(2)14(18)12(16)8-13(9)17-15(19)11-6-4-3-5-7-11/h3-8H,1-2H3. The van der Waals surface area contributed by atoms with Gasteiger partial charge in [-0.15, -0.1) is 0 Å². The van der Waals surface area contributed by atoms with Gasteiger partial charge < -0.3 is 0 Å². The fraction of sp³-hybridized carbons (Fsp3) is 0.133. The van der Waals surface area contributed by atoms with Gasteiger partial charge >= 0.3 is 0 Å². The van der Waals surface area contributed by atoms with Crippen LogP contribution in [0.5, 0.6) is 0 Å². The van der Waals surface area contributed by atoms with Gasteiger partial charge in [-0.2, -0.15) is 0 Å². The third-order valence-electron chi connectivity index (χ3n) is 3.01. The molecule has 0 saturated carbocycles. The normalized spacial score (nSPS) is 17.7. The van der Waals surface area contributed by atoms with Gasteiger partial charge in [0.1, 0.15) is 0 Å². The first-order valence-corrected chi connectivity index (χ1v) is 6.58. The molecule has 0 aromatic heterocycles. The Morgan fingerprint density at radius 2 is 1.74 bits per heavy atom. The Bertz CT molecular complexity index is 639. The number of ketones is 1. The Labute approximate surface area is 119 Å². The number of hydrogen-bond acceptors (Lipinski definition) is 2. The van der Waals surface area contributed by atoms with E-state index in [9.17, 15) is 9.59 Å². The van der Waals surface area contributed by atoms with E-state index in [1.54, 1.807) is 44.2 Å². The van der Waals surface area contributed by atoms with Gasteiger partial charge in [-0.3, -0.25) is 9.59 Å². The predicted octanol–water partition coefficient (Wildman–Crippen LogP) is 3.47. The minimum Gasteiger partial charge on any atom is -0.288 e. The topological polar surface area (TPSA) is 46.5 Å². The smallest absolute Gasteiger partial charge is 0.277 e. The Balaban J connectivity index is 2.39. The third-order valence-corrected chi connectivity index (χ3v) is 3.60. The van der Waals surface area contributed by atoms with Crippen LogP contribution in [0, 0.1) is 0 Å². The van der Waals surface area contributed by atoms with E-state index in [0.29, 0.717) is 21.3 Å². The Morgan fingerprint density at radius 3 is 2.37 bits per heavy atom. The monoisotopic (exact) mass is 317 g/mol. The molecule has 0 N–H and O–H groups in total. The maximum atomic E-state index is 12.0. The van der Waals surface area contributed by atoms with Gasteiger partial charge in [-0.05, 0) is 53.6 Å². The molecule has 0 fully saturated rings. The number of rotatable bonds is 1. The van der Waals surface area contributed by atoms with E-state index in [0.717, 1.165) is 5.57 Å². The molecule has 19 heavy (non-hydrogen) atoms. The number of carbonyl (C=O) groups excluding carboxylic acids is 2. The van der Waals surface area contributed by atoms with E-state index in [-0.39, 0.29) is 11.7 Å². The summed E-state index contributed by atoms with van der Waals surface area (Å²) < 4.78 is 0.426. The lowest BCUT2D eigenvalue weighted by Crippen LogP contribution is -2.15. The number of nitrogens with zero attached hydrogens (tertiary/aromatic N) is 1. The molecule has 4 heteroatoms. The largest absolute Gasteiger partial charge is 0.288 e. The summed E-state index contributed by atoms with van der Waals surface area (Å²) in [5, 5.41) is 0. The van der Waals surface area contributed by atoms with E-state index >= 15 is 0 Å². The van der Waals surface area contributed by atoms with E-state index in [1.165, 1.54) is 0 Å². The van der Waals surface area contributed by atoms with E-state index in [1.807, 2.05) is 6.07 Å². The average molecular weight is 318 g/mol. The first-order valence-electron chi connectivity index (χ1n) is 5.78. The van der Waals surface area contributed by atoms with Crippen molar-refractivity contribution in [2.45, 2.75) is 13.8 Å². The lowest BCUT2D eigenvalue weighted by Gasteiger charge is -2.13. The molecule has 0 bridgehead atoms. The lowest BCUT2D eigenvalue weighted by molar-refractivity contribution is -0.111. The Morgan fingerprint density at radius 1 is 1.11 bits per heavy atom. The minimum atomic E-state index is -0.311. The number of carbonyl (C=O) groups is 2. The molecule has 3 nitrogen and oxygen atoms in total. The number of allylic oxidation sites excluding steroid dienone is 4. The number of benzene rings is 1. The van der Waals surface area contributed by atoms with Gasteiger partial charge in [-0.1, -0.05) is 18.2 Å². The summed E-state index contributed by atoms with van der Waals surface area (Å²) in [4.78, 5) is 27.8. The summed E-state index contributed by atoms with van der Waals surface area (Å²) in [6.45, 7) is 3.52. The van der Waals surface area contributed by atoms with Crippen LogP contribution in [-0.2, 0) is 4.79 Å². The second-order valence-corrected chi connectivity index (χ2v) is 5.09. The van der Waals surface area contributed by atoms with Gasteiger partial charge in [-0.25, -0.2) is 4.99 Å². The first kappa shape index (κ1) is 13.6. The van der Waals surface area contributed by atoms with Crippen molar-refractivity contribution in [1.82, 2.24) is 0 Å². The molecular formula is C15H12BrNO2. The zero-order valence-corrected chi connectivity index (χ0v) is 12.2. The zero-order chi connectivity index (χ0) is 14.0. The highest BCUT2D eigenvalue weighted by molar-refractivity contribution is 9.12. The zero-order valence-electron chi connectivity index (χ0n) is 10.6. The summed E-state index contributed by atoms with van der Waals surface area (Å²) in [7, 11) is 0. The van der Waals surface area contributed by atoms with Crippen molar-refractivity contribution in [3.05, 3.63) is 57.6 Å². The van der Waals surface area contributed by atoms with Crippen LogP contribution in [0.1, 0.15) is 24.2 Å². The molecule has 0 radical (unpaired) electrons. The van der Waals surface area contributed by atoms with Crippen molar-refractivity contribution in [3.63, 3.8) is 0 Å². The Kier molecular flexibility index (Phi) is 3.90. The molecule has 96 valence electrons. The minimum absolute atomic E-state index is 0.0661. The average Bonchev–Trinajstić information content (AvgIpc) is 2.43. The highest BCUT2D eigenvalue weighted by Gasteiger charge is 2.20. The second kappa shape index (κ2) is 5.45. The van der Waals surface area contributed by atoms with Crippen LogP contribution in [0.25, 0.3) is 0 Å². The van der Waals surface area contributed by atoms with Crippen molar-refractivity contribution in [2.75, 3.05) is 0 Å². The number of halogens is 1. The van der Waals surface area contributed by atoms with E-state index in [2.05, 4.69) is 20.9 Å². The molecule has 0 unspecified atom stereocenters. The van der Waals surface area contributed by atoms with Crippen LogP contribution < -0.4 is 0 Å². The second-order valence-electron chi connectivity index (χ2n) is 4.24. The van der Waals surface area contributed by atoms with Crippen LogP contribution in [0.15, 0.2) is 57.0 Å². The van der Waals surface area contributed by atoms with Crippen molar-refractivity contribution >= 4 is 33.3 Å². The summed E-state index contributed by atoms with van der Waals surface area (Å²) in [6.07, 6.45) is 1.59. The van der Waals surface area contributed by atoms with Crippen LogP contribution in [-0.4, -0.2) is 17.4 Å². The summed E-state index contributed by atoms with van der Waals surface area (Å²) >= 11 is 3.19. The van der Waals surface area contributed by atoms with Crippen molar-refractivity contribution < 1.29 is 9.59 Å². The molecular weight excluding hydrogens is 306 g/mol. The first-order chi connectivity index (χ1) is 9.00. The molecule has 1 aliphatic rings. The molecule has 0 aliphatic heterocycles. The third kappa shape index (κ3) is 2.79. The van der Waals surface area contributed by atoms with Gasteiger partial charge in [0.2, 0.25) is 0 Å². The van der Waals surface area contributed by atoms with Crippen molar-refractivity contribution in [1.29, 1.82) is 0 Å². The maximum absolute atomic E-state index is 12.0. The number of amides is 1. The molecule has 0 spiro atoms. The quantitative estimate of drug-likeness (QED) is 0.744. The summed E-state index contributed by atoms with van der Waals surface area (Å²) in [6, 6.07) is 8.85. The van der Waals surface area contributed by atoms with E-state index in [4.69, 9.17) is 0 Å². The molecule has 0 atom stereocenters. The molecule has 1 aliphatic carbocycles. The highest BCUT2D eigenvalue weighted by atomic mass is 79.9. The van der Waals surface area contributed by atoms with Crippen LogP contribution >= 0.6 is 15.9 Å². The highest BCUT2D eigenvalue weighted by Crippen LogP contribution is 2.23. The summed E-state index contributed by atoms with van der Waals surface area (Å²) in [5.74, 6) is -0.378. The molecule has 2 rings (SSSR count). The predicted molar refractivity (Wildman–Crippen MR) is 78.6 cm³/mol. The van der Waals surface area contributed by atoms with Crippen molar-refractivity contribution in [2.24, 2.45) is 4.99 Å². The van der Waals surface area contributed by atoms with Gasteiger partial charge in [0.25, 0.3) is 5.91 Å². The SMILES string of the molecule is CC1=C(C)C(=NC(=O)c2ccccc2)C=C(Br)C1=O. The molecule has 0 saturated heterocycles. The fourth-order valence-electron chi connectivity index (χ4n) is 1.71. The van der Waals surface area contributed by atoms with Gasteiger partial charge in [0.05, 0.1) is 10.2 Å². The molecule has 1 aromatic carbocycles. The van der Waals surface area contributed by atoms with Crippen molar-refractivity contribution in [3.8, 4) is 0 Å². The number of Topliss-reactive ketones (excluding diaryl/α,β-unsaturated/α-hetero) is 1. The number of aliphatic imine (C=N–C) groups is 1. The molecule has 1 amide bonds. The fourth-order valence-corrected chi connectivity index (χ4v) is 2.22. The van der Waals surface area contributed by atoms with Crippen LogP contribution in [0.2, 0.25) is 0 Å². The summed E-state index contributed by atoms with van der Waals surface area (Å²) in [5.41, 5.74) is 2.39. The number of hydrogen-bond donors (Lipinski definition) is 0. The lowest BCUT2D eigenvalue weighted by atomic mass is 9.97. The molecule has 0 heterocycles. The van der Waals surface area contributed by atoms with Gasteiger partial charge in [0.15, 0.2) is 5.78 Å². The maximum Gasteiger partial charge on any atom is 0.277 e. The Hall–Kier alpha value is -1.81. The van der Waals surface area contributed by atoms with Crippen LogP contribution in [0.4, 0.5) is 0 Å².